The predicted molar refractivity (Wildman–Crippen MR) is 88.3 cm³/mol. The van der Waals surface area contributed by atoms with Crippen molar-refractivity contribution in [2.24, 2.45) is 0 Å². The number of hydrogen-bond acceptors (Lipinski definition) is 1. The van der Waals surface area contributed by atoms with Crippen molar-refractivity contribution in [3.05, 3.63) is 88.7 Å². The van der Waals surface area contributed by atoms with E-state index in [4.69, 9.17) is 0 Å². The van der Waals surface area contributed by atoms with E-state index in [2.05, 4.69) is 60.4 Å². The second-order valence-electron chi connectivity index (χ2n) is 6.17. The van der Waals surface area contributed by atoms with E-state index < -0.39 is 0 Å². The fourth-order valence-corrected chi connectivity index (χ4v) is 3.87. The largest absolute Gasteiger partial charge is 0.508 e. The first kappa shape index (κ1) is 13.2. The maximum Gasteiger partial charge on any atom is 0.115 e. The molecule has 4 rings (SSSR count). The molecule has 0 spiro atoms. The minimum absolute atomic E-state index is 0.140. The fourth-order valence-electron chi connectivity index (χ4n) is 3.87. The summed E-state index contributed by atoms with van der Waals surface area (Å²) in [6.45, 7) is 2.09. The van der Waals surface area contributed by atoms with Crippen molar-refractivity contribution in [1.82, 2.24) is 4.98 Å². The highest BCUT2D eigenvalue weighted by molar-refractivity contribution is 5.56. The lowest BCUT2D eigenvalue weighted by atomic mass is 9.73. The van der Waals surface area contributed by atoms with Gasteiger partial charge in [-0.25, -0.2) is 0 Å². The highest BCUT2D eigenvalue weighted by Crippen LogP contribution is 2.49. The Balaban J connectivity index is 2.00. The molecule has 0 unspecified atom stereocenters. The molecule has 2 heteroatoms. The van der Waals surface area contributed by atoms with Crippen LogP contribution in [0.15, 0.2) is 60.7 Å². The summed E-state index contributed by atoms with van der Waals surface area (Å²) in [5.74, 6) is 0.352. The molecule has 110 valence electrons. The Labute approximate surface area is 130 Å². The Bertz CT molecular complexity index is 819. The number of rotatable bonds is 2. The van der Waals surface area contributed by atoms with Crippen LogP contribution in [0.4, 0.5) is 0 Å². The van der Waals surface area contributed by atoms with Crippen LogP contribution in [0.5, 0.6) is 5.75 Å². The van der Waals surface area contributed by atoms with E-state index in [1.54, 1.807) is 6.07 Å². The third-order valence-corrected chi connectivity index (χ3v) is 4.88. The van der Waals surface area contributed by atoms with Gasteiger partial charge in [-0.2, -0.15) is 0 Å². The number of nitrogens with one attached hydrogen (secondary N) is 1. The lowest BCUT2D eigenvalue weighted by molar-refractivity contribution is 0.474. The molecule has 0 saturated carbocycles. The summed E-state index contributed by atoms with van der Waals surface area (Å²) in [4.78, 5) is 3.55. The number of benzene rings is 2. The third kappa shape index (κ3) is 1.80. The highest BCUT2D eigenvalue weighted by Gasteiger charge is 2.42. The van der Waals surface area contributed by atoms with Crippen molar-refractivity contribution < 1.29 is 5.11 Å². The summed E-state index contributed by atoms with van der Waals surface area (Å²) in [5.41, 5.74) is 6.13. The zero-order valence-electron chi connectivity index (χ0n) is 12.6. The summed E-state index contributed by atoms with van der Waals surface area (Å²) in [6.07, 6.45) is 2.01. The lowest BCUT2D eigenvalue weighted by Gasteiger charge is -2.30. The Morgan fingerprint density at radius 3 is 2.55 bits per heavy atom. The zero-order valence-corrected chi connectivity index (χ0v) is 12.6. The smallest absolute Gasteiger partial charge is 0.115 e. The molecule has 1 aromatic heterocycles. The van der Waals surface area contributed by atoms with Gasteiger partial charge < -0.3 is 10.1 Å². The van der Waals surface area contributed by atoms with E-state index in [-0.39, 0.29) is 5.41 Å². The van der Waals surface area contributed by atoms with E-state index in [1.807, 2.05) is 6.07 Å². The molecule has 1 atom stereocenters. The van der Waals surface area contributed by atoms with Gasteiger partial charge in [0.25, 0.3) is 0 Å². The lowest BCUT2D eigenvalue weighted by Crippen LogP contribution is -2.26. The van der Waals surface area contributed by atoms with Crippen LogP contribution in [0, 0.1) is 6.92 Å². The molecule has 0 bridgehead atoms. The maximum absolute atomic E-state index is 9.80. The van der Waals surface area contributed by atoms with Gasteiger partial charge >= 0.3 is 0 Å². The standard InChI is InChI=1S/C20H19NO/c1-14-7-10-19(21-14)20(16-5-3-2-4-6-16)12-11-15-13-17(22)8-9-18(15)20/h2-10,13,21-22H,11-12H2,1H3/t20-/m0/s1. The first-order valence-electron chi connectivity index (χ1n) is 7.74. The quantitative estimate of drug-likeness (QED) is 0.724. The molecule has 0 radical (unpaired) electrons. The fraction of sp³-hybridized carbons (Fsp3) is 0.200. The topological polar surface area (TPSA) is 36.0 Å². The average molecular weight is 289 g/mol. The Morgan fingerprint density at radius 1 is 1.00 bits per heavy atom. The molecule has 22 heavy (non-hydrogen) atoms. The SMILES string of the molecule is Cc1ccc([C@]2(c3ccccc3)CCc3cc(O)ccc32)[nH]1. The molecule has 1 aliphatic rings. The molecular weight excluding hydrogens is 270 g/mol. The van der Waals surface area contributed by atoms with Gasteiger partial charge in [-0.15, -0.1) is 0 Å². The van der Waals surface area contributed by atoms with Crippen molar-refractivity contribution in [1.29, 1.82) is 0 Å². The van der Waals surface area contributed by atoms with Crippen LogP contribution in [0.1, 0.15) is 34.5 Å². The first-order chi connectivity index (χ1) is 10.7. The minimum Gasteiger partial charge on any atom is -0.508 e. The van der Waals surface area contributed by atoms with Crippen LogP contribution in [-0.2, 0) is 11.8 Å². The number of H-pyrrole nitrogens is 1. The molecule has 0 amide bonds. The van der Waals surface area contributed by atoms with Crippen molar-refractivity contribution in [3.63, 3.8) is 0 Å². The monoisotopic (exact) mass is 289 g/mol. The zero-order chi connectivity index (χ0) is 15.2. The molecule has 0 fully saturated rings. The van der Waals surface area contributed by atoms with Gasteiger partial charge in [0.1, 0.15) is 5.75 Å². The van der Waals surface area contributed by atoms with Gasteiger partial charge in [0, 0.05) is 11.4 Å². The van der Waals surface area contributed by atoms with E-state index in [0.717, 1.165) is 12.8 Å². The number of fused-ring (bicyclic) bond motifs is 1. The summed E-state index contributed by atoms with van der Waals surface area (Å²) < 4.78 is 0. The van der Waals surface area contributed by atoms with Crippen molar-refractivity contribution in [3.8, 4) is 5.75 Å². The van der Waals surface area contributed by atoms with Crippen molar-refractivity contribution >= 4 is 0 Å². The first-order valence-corrected chi connectivity index (χ1v) is 7.74. The summed E-state index contributed by atoms with van der Waals surface area (Å²) in [7, 11) is 0. The summed E-state index contributed by atoms with van der Waals surface area (Å²) in [5, 5.41) is 9.80. The Hall–Kier alpha value is -2.48. The van der Waals surface area contributed by atoms with E-state index in [0.29, 0.717) is 5.75 Å². The van der Waals surface area contributed by atoms with Crippen LogP contribution in [0.2, 0.25) is 0 Å². The van der Waals surface area contributed by atoms with Gasteiger partial charge in [-0.1, -0.05) is 36.4 Å². The number of phenols is 1. The van der Waals surface area contributed by atoms with Gasteiger partial charge in [0.05, 0.1) is 5.41 Å². The normalized spacial score (nSPS) is 20.0. The maximum atomic E-state index is 9.80. The van der Waals surface area contributed by atoms with Gasteiger partial charge in [-0.05, 0) is 60.7 Å². The van der Waals surface area contributed by atoms with Gasteiger partial charge in [0.15, 0.2) is 0 Å². The molecule has 2 N–H and O–H groups in total. The Morgan fingerprint density at radius 2 is 1.82 bits per heavy atom. The average Bonchev–Trinajstić information content (AvgIpc) is 3.12. The molecule has 0 saturated heterocycles. The molecule has 0 aliphatic heterocycles. The molecule has 1 aliphatic carbocycles. The number of aromatic hydroxyl groups is 1. The number of aromatic nitrogens is 1. The number of aromatic amines is 1. The van der Waals surface area contributed by atoms with Crippen LogP contribution in [-0.4, -0.2) is 10.1 Å². The van der Waals surface area contributed by atoms with Crippen LogP contribution in [0.3, 0.4) is 0 Å². The number of phenolic OH excluding ortho intramolecular Hbond substituents is 1. The second-order valence-corrected chi connectivity index (χ2v) is 6.17. The predicted octanol–water partition coefficient (Wildman–Crippen LogP) is 4.31. The summed E-state index contributed by atoms with van der Waals surface area (Å²) in [6, 6.07) is 20.8. The Kier molecular flexibility index (Phi) is 2.86. The molecule has 2 aromatic carbocycles. The van der Waals surface area contributed by atoms with Gasteiger partial charge in [0.2, 0.25) is 0 Å². The third-order valence-electron chi connectivity index (χ3n) is 4.88. The molecule has 1 heterocycles. The molecular formula is C20H19NO. The second kappa shape index (κ2) is 4.77. The molecule has 2 nitrogen and oxygen atoms in total. The van der Waals surface area contributed by atoms with Crippen LogP contribution < -0.4 is 0 Å². The van der Waals surface area contributed by atoms with E-state index in [1.165, 1.54) is 28.1 Å². The van der Waals surface area contributed by atoms with Gasteiger partial charge in [-0.3, -0.25) is 0 Å². The van der Waals surface area contributed by atoms with E-state index >= 15 is 0 Å². The minimum atomic E-state index is -0.140. The van der Waals surface area contributed by atoms with Crippen molar-refractivity contribution in [2.75, 3.05) is 0 Å². The van der Waals surface area contributed by atoms with Crippen LogP contribution in [0.25, 0.3) is 0 Å². The van der Waals surface area contributed by atoms with Crippen LogP contribution >= 0.6 is 0 Å². The number of hydrogen-bond donors (Lipinski definition) is 2. The summed E-state index contributed by atoms with van der Waals surface area (Å²) >= 11 is 0. The van der Waals surface area contributed by atoms with Crippen molar-refractivity contribution in [2.45, 2.75) is 25.2 Å². The number of aryl methyl sites for hydroxylation is 2. The van der Waals surface area contributed by atoms with E-state index in [9.17, 15) is 5.11 Å². The highest BCUT2D eigenvalue weighted by atomic mass is 16.3. The molecule has 3 aromatic rings.